The van der Waals surface area contributed by atoms with Gasteiger partial charge >= 0.3 is 0 Å². The van der Waals surface area contributed by atoms with E-state index < -0.39 is 8.07 Å². The van der Waals surface area contributed by atoms with Crippen molar-refractivity contribution in [2.24, 2.45) is 0 Å². The van der Waals surface area contributed by atoms with Gasteiger partial charge in [-0.25, -0.2) is 0 Å². The van der Waals surface area contributed by atoms with Gasteiger partial charge in [0.1, 0.15) is 0 Å². The molecule has 0 saturated heterocycles. The maximum absolute atomic E-state index is 8.91. The van der Waals surface area contributed by atoms with Crippen LogP contribution in [0.1, 0.15) is 26.2 Å². The van der Waals surface area contributed by atoms with Gasteiger partial charge in [0.2, 0.25) is 0 Å². The minimum Gasteiger partial charge on any atom is -0.396 e. The molecule has 0 radical (unpaired) electrons. The average molecular weight is 186 g/mol. The van der Waals surface area contributed by atoms with E-state index >= 15 is 0 Å². The van der Waals surface area contributed by atoms with E-state index in [1.165, 1.54) is 12.8 Å². The molecule has 0 aliphatic heterocycles. The Hall–Kier alpha value is -0.0831. The maximum Gasteiger partial charge on any atom is 0.0741 e. The molecule has 0 aromatic carbocycles. The van der Waals surface area contributed by atoms with E-state index in [4.69, 9.17) is 5.11 Å². The highest BCUT2D eigenvalue weighted by molar-refractivity contribution is 6.83. The van der Waals surface area contributed by atoms with Crippen LogP contribution in [0, 0.1) is 0 Å². The first-order chi connectivity index (χ1) is 5.58. The van der Waals surface area contributed by atoms with Gasteiger partial charge < -0.3 is 5.11 Å². The molecule has 1 unspecified atom stereocenters. The third-order valence-electron chi connectivity index (χ3n) is 2.69. The normalized spacial score (nSPS) is 14.3. The van der Waals surface area contributed by atoms with Crippen LogP contribution in [0.4, 0.5) is 0 Å². The van der Waals surface area contributed by atoms with E-state index in [-0.39, 0.29) is 0 Å². The molecule has 0 fully saturated rings. The van der Waals surface area contributed by atoms with E-state index in [2.05, 4.69) is 32.3 Å². The molecule has 0 spiro atoms. The summed E-state index contributed by atoms with van der Waals surface area (Å²) in [4.78, 5) is 0. The monoisotopic (exact) mass is 186 g/mol. The minimum absolute atomic E-state index is 0.328. The van der Waals surface area contributed by atoms with Crippen LogP contribution in [0.2, 0.25) is 18.6 Å². The molecule has 0 saturated carbocycles. The molecule has 0 amide bonds. The molecule has 0 bridgehead atoms. The lowest BCUT2D eigenvalue weighted by molar-refractivity contribution is 0.281. The van der Waals surface area contributed by atoms with Crippen molar-refractivity contribution in [3.63, 3.8) is 0 Å². The lowest BCUT2D eigenvalue weighted by Gasteiger charge is -2.28. The van der Waals surface area contributed by atoms with E-state index in [0.29, 0.717) is 12.1 Å². The Morgan fingerprint density at radius 3 is 2.33 bits per heavy atom. The lowest BCUT2D eigenvalue weighted by Crippen LogP contribution is -2.30. The second kappa shape index (κ2) is 5.54. The van der Waals surface area contributed by atoms with Crippen LogP contribution in [-0.2, 0) is 0 Å². The van der Waals surface area contributed by atoms with Crippen molar-refractivity contribution in [2.45, 2.75) is 44.8 Å². The van der Waals surface area contributed by atoms with Crippen molar-refractivity contribution in [2.75, 3.05) is 6.61 Å². The predicted molar refractivity (Wildman–Crippen MR) is 58.0 cm³/mol. The van der Waals surface area contributed by atoms with Gasteiger partial charge in [-0.2, -0.15) is 0 Å². The topological polar surface area (TPSA) is 20.2 Å². The lowest BCUT2D eigenvalue weighted by atomic mass is 10.2. The summed E-state index contributed by atoms with van der Waals surface area (Å²) in [6.07, 6.45) is 3.42. The summed E-state index contributed by atoms with van der Waals surface area (Å²) < 4.78 is 0. The van der Waals surface area contributed by atoms with Gasteiger partial charge in [-0.3, -0.25) is 0 Å². The Labute approximate surface area is 77.5 Å². The van der Waals surface area contributed by atoms with Gasteiger partial charge in [0.15, 0.2) is 0 Å². The molecule has 0 heterocycles. The summed E-state index contributed by atoms with van der Waals surface area (Å²) in [6, 6.07) is 0. The van der Waals surface area contributed by atoms with E-state index in [0.717, 1.165) is 6.42 Å². The number of aliphatic hydroxyl groups is 1. The number of hydrogen-bond donors (Lipinski definition) is 1. The molecule has 0 aromatic rings. The highest BCUT2D eigenvalue weighted by Crippen LogP contribution is 2.30. The van der Waals surface area contributed by atoms with Gasteiger partial charge in [-0.15, -0.1) is 12.3 Å². The fourth-order valence-electron chi connectivity index (χ4n) is 1.56. The van der Waals surface area contributed by atoms with E-state index in [9.17, 15) is 0 Å². The number of rotatable bonds is 6. The van der Waals surface area contributed by atoms with Gasteiger partial charge in [0.05, 0.1) is 8.07 Å². The molecule has 0 aliphatic rings. The molecule has 12 heavy (non-hydrogen) atoms. The SMILES string of the molecule is C=C[Si](C)(C)C(CCC)CCO. The highest BCUT2D eigenvalue weighted by atomic mass is 28.3. The molecular weight excluding hydrogens is 164 g/mol. The Morgan fingerprint density at radius 2 is 2.00 bits per heavy atom. The zero-order valence-corrected chi connectivity index (χ0v) is 9.64. The Balaban J connectivity index is 4.16. The summed E-state index contributed by atoms with van der Waals surface area (Å²) in [5, 5.41) is 8.91. The van der Waals surface area contributed by atoms with Crippen molar-refractivity contribution in [3.8, 4) is 0 Å². The third-order valence-corrected chi connectivity index (χ3v) is 6.43. The summed E-state index contributed by atoms with van der Waals surface area (Å²) in [7, 11) is -1.24. The van der Waals surface area contributed by atoms with Crippen LogP contribution in [0.5, 0.6) is 0 Å². The highest BCUT2D eigenvalue weighted by Gasteiger charge is 2.26. The Bertz CT molecular complexity index is 126. The molecule has 72 valence electrons. The Morgan fingerprint density at radius 1 is 1.42 bits per heavy atom. The van der Waals surface area contributed by atoms with Crippen LogP contribution >= 0.6 is 0 Å². The van der Waals surface area contributed by atoms with Gasteiger partial charge in [-0.05, 0) is 12.0 Å². The van der Waals surface area contributed by atoms with Gasteiger partial charge in [-0.1, -0.05) is 32.9 Å². The smallest absolute Gasteiger partial charge is 0.0741 e. The number of aliphatic hydroxyl groups excluding tert-OH is 1. The first-order valence-corrected chi connectivity index (χ1v) is 7.98. The molecule has 0 aliphatic carbocycles. The minimum atomic E-state index is -1.24. The van der Waals surface area contributed by atoms with Crippen molar-refractivity contribution in [1.29, 1.82) is 0 Å². The molecule has 2 heteroatoms. The van der Waals surface area contributed by atoms with Crippen molar-refractivity contribution >= 4 is 8.07 Å². The summed E-state index contributed by atoms with van der Waals surface area (Å²) in [5.74, 6) is 0. The summed E-state index contributed by atoms with van der Waals surface area (Å²) in [5.41, 5.74) is 2.85. The van der Waals surface area contributed by atoms with Crippen LogP contribution < -0.4 is 0 Å². The second-order valence-corrected chi connectivity index (χ2v) is 8.89. The standard InChI is InChI=1S/C10H22OSi/c1-5-7-10(8-9-11)12(3,4)6-2/h6,10-11H,2,5,7-9H2,1,3-4H3. The molecular formula is C10H22OSi. The fourth-order valence-corrected chi connectivity index (χ4v) is 3.80. The van der Waals surface area contributed by atoms with Crippen molar-refractivity contribution in [3.05, 3.63) is 12.3 Å². The van der Waals surface area contributed by atoms with Crippen LogP contribution in [0.25, 0.3) is 0 Å². The quantitative estimate of drug-likeness (QED) is 0.632. The third kappa shape index (κ3) is 3.54. The van der Waals surface area contributed by atoms with Gasteiger partial charge in [0, 0.05) is 6.61 Å². The summed E-state index contributed by atoms with van der Waals surface area (Å²) >= 11 is 0. The molecule has 0 rings (SSSR count). The van der Waals surface area contributed by atoms with Crippen LogP contribution in [0.15, 0.2) is 12.3 Å². The zero-order valence-electron chi connectivity index (χ0n) is 8.64. The van der Waals surface area contributed by atoms with E-state index in [1.54, 1.807) is 0 Å². The predicted octanol–water partition coefficient (Wildman–Crippen LogP) is 2.97. The molecule has 0 aromatic heterocycles. The average Bonchev–Trinajstić information content (AvgIpc) is 2.04. The van der Waals surface area contributed by atoms with Gasteiger partial charge in [0.25, 0.3) is 0 Å². The first-order valence-electron chi connectivity index (χ1n) is 4.83. The Kier molecular flexibility index (Phi) is 5.50. The fraction of sp³-hybridized carbons (Fsp3) is 0.800. The summed E-state index contributed by atoms with van der Waals surface area (Å²) in [6.45, 7) is 11.1. The maximum atomic E-state index is 8.91. The first kappa shape index (κ1) is 11.9. The van der Waals surface area contributed by atoms with Crippen LogP contribution in [-0.4, -0.2) is 19.8 Å². The largest absolute Gasteiger partial charge is 0.396 e. The van der Waals surface area contributed by atoms with Crippen molar-refractivity contribution < 1.29 is 5.11 Å². The second-order valence-electron chi connectivity index (χ2n) is 4.02. The molecule has 1 atom stereocenters. The molecule has 1 nitrogen and oxygen atoms in total. The van der Waals surface area contributed by atoms with Crippen molar-refractivity contribution in [1.82, 2.24) is 0 Å². The van der Waals surface area contributed by atoms with E-state index in [1.807, 2.05) is 0 Å². The van der Waals surface area contributed by atoms with Crippen LogP contribution in [0.3, 0.4) is 0 Å². The number of hydrogen-bond acceptors (Lipinski definition) is 1. The molecule has 1 N–H and O–H groups in total. The zero-order chi connectivity index (χ0) is 9.61.